The van der Waals surface area contributed by atoms with Crippen molar-refractivity contribution in [3.8, 4) is 0 Å². The highest BCUT2D eigenvalue weighted by atomic mass is 16.5. The molecule has 2 aliphatic rings. The number of hydrogen-bond acceptors (Lipinski definition) is 4. The summed E-state index contributed by atoms with van der Waals surface area (Å²) in [5.74, 6) is -0.178. The average molecular weight is 239 g/mol. The first-order valence-electron chi connectivity index (χ1n) is 6.35. The minimum absolute atomic E-state index is 0.0890. The summed E-state index contributed by atoms with van der Waals surface area (Å²) in [5.41, 5.74) is 0.626. The molecule has 2 saturated heterocycles. The van der Waals surface area contributed by atoms with Crippen molar-refractivity contribution in [3.63, 3.8) is 0 Å². The first kappa shape index (κ1) is 12.6. The van der Waals surface area contributed by atoms with Gasteiger partial charge in [0.1, 0.15) is 0 Å². The number of hydrogen-bond donors (Lipinski definition) is 1. The summed E-state index contributed by atoms with van der Waals surface area (Å²) in [6.07, 6.45) is 3.70. The van der Waals surface area contributed by atoms with Gasteiger partial charge < -0.3 is 9.84 Å². The van der Waals surface area contributed by atoms with Gasteiger partial charge in [0.05, 0.1) is 12.7 Å². The predicted molar refractivity (Wildman–Crippen MR) is 64.5 cm³/mol. The van der Waals surface area contributed by atoms with Crippen molar-refractivity contribution in [2.24, 2.45) is 5.92 Å². The summed E-state index contributed by atoms with van der Waals surface area (Å²) in [5, 5.41) is 9.96. The Balaban J connectivity index is 1.88. The highest BCUT2D eigenvalue weighted by Gasteiger charge is 2.43. The fraction of sp³-hybridized carbons (Fsp3) is 0.769. The quantitative estimate of drug-likeness (QED) is 0.588. The number of ether oxygens (including phenoxy) is 1. The van der Waals surface area contributed by atoms with Gasteiger partial charge in [-0.25, -0.2) is 4.79 Å². The van der Waals surface area contributed by atoms with Gasteiger partial charge in [-0.2, -0.15) is 0 Å². The van der Waals surface area contributed by atoms with Crippen molar-refractivity contribution >= 4 is 5.97 Å². The molecule has 4 nitrogen and oxygen atoms in total. The Morgan fingerprint density at radius 3 is 3.06 bits per heavy atom. The molecule has 2 aliphatic heterocycles. The number of carbonyl (C=O) groups excluding carboxylic acids is 1. The van der Waals surface area contributed by atoms with Gasteiger partial charge in [0.15, 0.2) is 0 Å². The van der Waals surface area contributed by atoms with Crippen LogP contribution in [0.1, 0.15) is 26.7 Å². The van der Waals surface area contributed by atoms with Crippen LogP contribution in [-0.4, -0.2) is 47.8 Å². The molecule has 0 radical (unpaired) electrons. The fourth-order valence-corrected chi connectivity index (χ4v) is 2.82. The van der Waals surface area contributed by atoms with Gasteiger partial charge >= 0.3 is 5.97 Å². The molecule has 2 fully saturated rings. The number of nitrogens with zero attached hydrogens (tertiary/aromatic N) is 1. The van der Waals surface area contributed by atoms with E-state index in [1.54, 1.807) is 13.0 Å². The Labute approximate surface area is 102 Å². The van der Waals surface area contributed by atoms with Gasteiger partial charge in [0.25, 0.3) is 0 Å². The minimum Gasteiger partial charge on any atom is -0.462 e. The van der Waals surface area contributed by atoms with Crippen LogP contribution < -0.4 is 0 Å². The molecule has 1 N–H and O–H groups in total. The van der Waals surface area contributed by atoms with Gasteiger partial charge in [-0.3, -0.25) is 4.90 Å². The van der Waals surface area contributed by atoms with Crippen LogP contribution in [0.5, 0.6) is 0 Å². The molecule has 17 heavy (non-hydrogen) atoms. The summed E-state index contributed by atoms with van der Waals surface area (Å²) in [6.45, 7) is 5.71. The molecule has 0 aromatic carbocycles. The van der Waals surface area contributed by atoms with Crippen LogP contribution in [0.4, 0.5) is 0 Å². The molecule has 0 saturated carbocycles. The Morgan fingerprint density at radius 2 is 2.35 bits per heavy atom. The summed E-state index contributed by atoms with van der Waals surface area (Å²) in [4.78, 5) is 13.9. The largest absolute Gasteiger partial charge is 0.462 e. The van der Waals surface area contributed by atoms with Gasteiger partial charge in [-0.1, -0.05) is 6.08 Å². The monoisotopic (exact) mass is 239 g/mol. The molecule has 0 aromatic heterocycles. The maximum Gasteiger partial charge on any atom is 0.333 e. The van der Waals surface area contributed by atoms with Gasteiger partial charge in [0.2, 0.25) is 0 Å². The lowest BCUT2D eigenvalue weighted by Crippen LogP contribution is -2.31. The first-order valence-corrected chi connectivity index (χ1v) is 6.35. The lowest BCUT2D eigenvalue weighted by atomic mass is 9.97. The second-order valence-corrected chi connectivity index (χ2v) is 5.01. The number of aliphatic hydroxyl groups excluding tert-OH is 1. The van der Waals surface area contributed by atoms with E-state index in [0.717, 1.165) is 19.5 Å². The Bertz CT molecular complexity index is 327. The molecule has 0 aromatic rings. The molecule has 0 spiro atoms. The number of allylic oxidation sites excluding steroid dienone is 1. The summed E-state index contributed by atoms with van der Waals surface area (Å²) < 4.78 is 5.26. The normalized spacial score (nSPS) is 33.8. The third-order valence-corrected chi connectivity index (χ3v) is 3.99. The molecule has 0 unspecified atom stereocenters. The predicted octanol–water partition coefficient (Wildman–Crippen LogP) is 0.951. The van der Waals surface area contributed by atoms with Crippen LogP contribution >= 0.6 is 0 Å². The molecule has 2 heterocycles. The molecule has 4 heteroatoms. The summed E-state index contributed by atoms with van der Waals surface area (Å²) in [7, 11) is 0. The van der Waals surface area contributed by atoms with Crippen molar-refractivity contribution in [2.75, 3.05) is 19.7 Å². The van der Waals surface area contributed by atoms with Crippen molar-refractivity contribution in [3.05, 3.63) is 11.6 Å². The van der Waals surface area contributed by atoms with Gasteiger partial charge in [0, 0.05) is 24.1 Å². The highest BCUT2D eigenvalue weighted by molar-refractivity contribution is 5.87. The van der Waals surface area contributed by atoms with Crippen molar-refractivity contribution in [1.82, 2.24) is 4.90 Å². The van der Waals surface area contributed by atoms with E-state index in [1.165, 1.54) is 6.42 Å². The average Bonchev–Trinajstić information content (AvgIpc) is 2.86. The van der Waals surface area contributed by atoms with Gasteiger partial charge in [-0.05, 0) is 33.2 Å². The fourth-order valence-electron chi connectivity index (χ4n) is 2.82. The number of carbonyl (C=O) groups is 1. The smallest absolute Gasteiger partial charge is 0.333 e. The highest BCUT2D eigenvalue weighted by Crippen LogP contribution is 2.33. The van der Waals surface area contributed by atoms with E-state index in [1.807, 2.05) is 6.92 Å². The Hall–Kier alpha value is -0.870. The molecule has 0 bridgehead atoms. The number of esters is 1. The molecule has 96 valence electrons. The van der Waals surface area contributed by atoms with E-state index in [-0.39, 0.29) is 18.0 Å². The van der Waals surface area contributed by atoms with E-state index in [0.29, 0.717) is 18.2 Å². The lowest BCUT2D eigenvalue weighted by Gasteiger charge is -2.20. The van der Waals surface area contributed by atoms with Crippen LogP contribution in [0.2, 0.25) is 0 Å². The van der Waals surface area contributed by atoms with E-state index in [4.69, 9.17) is 4.74 Å². The zero-order chi connectivity index (χ0) is 12.4. The Morgan fingerprint density at radius 1 is 1.59 bits per heavy atom. The summed E-state index contributed by atoms with van der Waals surface area (Å²) >= 11 is 0. The lowest BCUT2D eigenvalue weighted by molar-refractivity contribution is -0.141. The van der Waals surface area contributed by atoms with E-state index >= 15 is 0 Å². The number of rotatable bonds is 3. The van der Waals surface area contributed by atoms with Crippen molar-refractivity contribution in [1.29, 1.82) is 0 Å². The molecule has 3 atom stereocenters. The number of aliphatic hydroxyl groups is 1. The number of fused-ring (bicyclic) bond motifs is 1. The van der Waals surface area contributed by atoms with E-state index < -0.39 is 0 Å². The molecule has 0 aliphatic carbocycles. The zero-order valence-corrected chi connectivity index (χ0v) is 10.6. The molecule has 0 amide bonds. The van der Waals surface area contributed by atoms with Crippen LogP contribution in [0.3, 0.4) is 0 Å². The second-order valence-electron chi connectivity index (χ2n) is 5.01. The molecular formula is C13H21NO3. The van der Waals surface area contributed by atoms with Crippen LogP contribution in [-0.2, 0) is 9.53 Å². The van der Waals surface area contributed by atoms with Crippen LogP contribution in [0, 0.1) is 5.92 Å². The third-order valence-electron chi connectivity index (χ3n) is 3.99. The van der Waals surface area contributed by atoms with Gasteiger partial charge in [-0.15, -0.1) is 0 Å². The van der Waals surface area contributed by atoms with Crippen LogP contribution in [0.25, 0.3) is 0 Å². The van der Waals surface area contributed by atoms with E-state index in [2.05, 4.69) is 4.90 Å². The minimum atomic E-state index is -0.348. The second kappa shape index (κ2) is 5.19. The first-order chi connectivity index (χ1) is 8.13. The standard InChI is InChI=1S/C13H21NO3/c1-3-9(2)13(16)17-8-10-11-5-4-6-14(11)7-12(10)15/h3,10-12,15H,4-8H2,1-2H3/t10-,11-,12+/m1/s1. The van der Waals surface area contributed by atoms with Crippen molar-refractivity contribution in [2.45, 2.75) is 38.8 Å². The maximum absolute atomic E-state index is 11.5. The Kier molecular flexibility index (Phi) is 3.84. The maximum atomic E-state index is 11.5. The zero-order valence-electron chi connectivity index (χ0n) is 10.6. The third kappa shape index (κ3) is 2.53. The molecule has 2 rings (SSSR count). The topological polar surface area (TPSA) is 49.8 Å². The summed E-state index contributed by atoms with van der Waals surface area (Å²) in [6, 6.07) is 0.406. The molecular weight excluding hydrogens is 218 g/mol. The van der Waals surface area contributed by atoms with E-state index in [9.17, 15) is 9.90 Å². The SMILES string of the molecule is CC=C(C)C(=O)OC[C@@H]1[C@H]2CCCN2C[C@@H]1O. The van der Waals surface area contributed by atoms with Crippen molar-refractivity contribution < 1.29 is 14.6 Å². The van der Waals surface area contributed by atoms with Crippen LogP contribution in [0.15, 0.2) is 11.6 Å².